The van der Waals surface area contributed by atoms with Crippen LogP contribution in [0.15, 0.2) is 29.3 Å². The van der Waals surface area contributed by atoms with Crippen LogP contribution < -0.4 is 43.4 Å². The number of carboxylic acids is 2. The Morgan fingerprint density at radius 1 is 0.559 bits per heavy atom. The van der Waals surface area contributed by atoms with Crippen molar-refractivity contribution in [3.8, 4) is 5.75 Å². The first-order chi connectivity index (χ1) is 44.5. The van der Waals surface area contributed by atoms with Crippen LogP contribution in [0.1, 0.15) is 207 Å². The van der Waals surface area contributed by atoms with Crippen molar-refractivity contribution in [3.05, 3.63) is 29.8 Å². The molecule has 26 nitrogen and oxygen atoms in total. The predicted octanol–water partition coefficient (Wildman–Crippen LogP) is 5.44. The number of ketones is 4. The van der Waals surface area contributed by atoms with Crippen LogP contribution in [0, 0.1) is 5.92 Å². The summed E-state index contributed by atoms with van der Waals surface area (Å²) >= 11 is 0. The molecule has 0 radical (unpaired) electrons. The van der Waals surface area contributed by atoms with E-state index in [9.17, 15) is 58.2 Å². The maximum Gasteiger partial charge on any atom is 0.326 e. The molecule has 0 heterocycles. The molecule has 0 saturated carbocycles. The molecule has 4 atom stereocenters. The van der Waals surface area contributed by atoms with Crippen LogP contribution in [0.4, 0.5) is 0 Å². The largest absolute Gasteiger partial charge is 0.508 e. The van der Waals surface area contributed by atoms with Crippen molar-refractivity contribution < 1.29 is 82.2 Å². The van der Waals surface area contributed by atoms with Crippen LogP contribution in [0.3, 0.4) is 0 Å². The van der Waals surface area contributed by atoms with Crippen LogP contribution in [-0.4, -0.2) is 189 Å². The Balaban J connectivity index is 2.13. The average Bonchev–Trinajstić information content (AvgIpc) is 2.29. The quantitative estimate of drug-likeness (QED) is 0.0220. The number of ether oxygens (including phenoxy) is 4. The number of hydrogen-bond acceptors (Lipinski definition) is 18. The van der Waals surface area contributed by atoms with E-state index in [4.69, 9.17) is 35.5 Å². The molecule has 13 N–H and O–H groups in total. The number of nitrogens with one attached hydrogen (secondary N) is 6. The van der Waals surface area contributed by atoms with Gasteiger partial charge in [0, 0.05) is 70.3 Å². The average molecular weight is 1320 g/mol. The Hall–Kier alpha value is -6.45. The van der Waals surface area contributed by atoms with E-state index in [-0.39, 0.29) is 182 Å². The Morgan fingerprint density at radius 3 is 1.67 bits per heavy atom. The van der Waals surface area contributed by atoms with Gasteiger partial charge in [0.2, 0.25) is 23.6 Å². The number of unbranched alkanes of at least 4 members (excludes halogenated alkanes) is 14. The summed E-state index contributed by atoms with van der Waals surface area (Å²) in [5.74, 6) is -4.05. The normalized spacial score (nSPS) is 12.6. The molecule has 4 amide bonds. The number of nitrogens with zero attached hydrogens (tertiary/aromatic N) is 1. The van der Waals surface area contributed by atoms with Gasteiger partial charge in [0.15, 0.2) is 17.5 Å². The third kappa shape index (κ3) is 48.0. The first-order valence-electron chi connectivity index (χ1n) is 33.8. The second-order valence-electron chi connectivity index (χ2n) is 24.3. The SMILES string of the molecule is CC[C@@H](CCCCNC(=O)COCCOCCNC(=O)COCCOCCCC(=O)CC[C@H](NC(=O)CCCCCCCCCCCCCCCCC(=O)O)C(=O)O)C(=O)CNC(C)(C)C(=O)CN[C@@H](CCCN=C(N)N)CC(=O)N[C@@H](Cc1ccc(O)cc1)C(C)=O. The minimum absolute atomic E-state index is 0.0151. The molecule has 93 heavy (non-hydrogen) atoms. The highest BCUT2D eigenvalue weighted by Gasteiger charge is 2.30. The number of carbonyl (C=O) groups is 10. The van der Waals surface area contributed by atoms with E-state index in [1.807, 2.05) is 6.92 Å². The van der Waals surface area contributed by atoms with Gasteiger partial charge in [0.05, 0.1) is 57.7 Å². The monoisotopic (exact) mass is 1320 g/mol. The molecule has 0 bridgehead atoms. The van der Waals surface area contributed by atoms with E-state index in [0.29, 0.717) is 64.5 Å². The van der Waals surface area contributed by atoms with E-state index >= 15 is 0 Å². The Labute approximate surface area is 551 Å². The number of hydrogen-bond donors (Lipinski definition) is 11. The summed E-state index contributed by atoms with van der Waals surface area (Å²) in [5.41, 5.74) is 10.6. The third-order valence-electron chi connectivity index (χ3n) is 15.8. The first-order valence-corrected chi connectivity index (χ1v) is 33.8. The van der Waals surface area contributed by atoms with Crippen molar-refractivity contribution >= 4 is 64.7 Å². The van der Waals surface area contributed by atoms with Gasteiger partial charge in [-0.05, 0) is 103 Å². The van der Waals surface area contributed by atoms with Gasteiger partial charge in [0.25, 0.3) is 0 Å². The summed E-state index contributed by atoms with van der Waals surface area (Å²) in [6.07, 6.45) is 19.9. The molecular formula is C67H115N9O17. The number of benzene rings is 1. The number of phenolic OH excluding ortho intramolecular Hbond substituents is 1. The summed E-state index contributed by atoms with van der Waals surface area (Å²) < 4.78 is 21.7. The lowest BCUT2D eigenvalue weighted by Crippen LogP contribution is -2.53. The van der Waals surface area contributed by atoms with Crippen LogP contribution in [0.25, 0.3) is 0 Å². The smallest absolute Gasteiger partial charge is 0.326 e. The summed E-state index contributed by atoms with van der Waals surface area (Å²) in [6, 6.07) is 4.01. The summed E-state index contributed by atoms with van der Waals surface area (Å²) in [6.45, 7) is 8.47. The number of Topliss-reactive ketones (excluding diaryl/α,β-unsaturated/α-hetero) is 4. The van der Waals surface area contributed by atoms with E-state index in [1.54, 1.807) is 26.0 Å². The number of phenols is 1. The van der Waals surface area contributed by atoms with E-state index < -0.39 is 35.6 Å². The van der Waals surface area contributed by atoms with Gasteiger partial charge in [-0.1, -0.05) is 103 Å². The van der Waals surface area contributed by atoms with Crippen molar-refractivity contribution in [1.29, 1.82) is 0 Å². The molecule has 26 heteroatoms. The molecule has 0 aliphatic rings. The number of carboxylic acid groups (broad SMARTS) is 2. The van der Waals surface area contributed by atoms with Crippen LogP contribution in [-0.2, 0) is 73.3 Å². The maximum absolute atomic E-state index is 13.5. The fraction of sp³-hybridized carbons (Fsp3) is 0.746. The molecule has 0 unspecified atom stereocenters. The molecule has 0 spiro atoms. The van der Waals surface area contributed by atoms with Crippen molar-refractivity contribution in [1.82, 2.24) is 31.9 Å². The zero-order valence-electron chi connectivity index (χ0n) is 56.3. The summed E-state index contributed by atoms with van der Waals surface area (Å²) in [7, 11) is 0. The van der Waals surface area contributed by atoms with Crippen molar-refractivity contribution in [3.63, 3.8) is 0 Å². The number of aliphatic imine (C=N–C) groups is 1. The molecule has 1 aromatic carbocycles. The molecular weight excluding hydrogens is 1200 g/mol. The van der Waals surface area contributed by atoms with Crippen LogP contribution in [0.5, 0.6) is 5.75 Å². The Bertz CT molecular complexity index is 2340. The van der Waals surface area contributed by atoms with Crippen molar-refractivity contribution in [2.45, 2.75) is 231 Å². The molecule has 0 saturated heterocycles. The number of nitrogens with two attached hydrogens (primary N) is 2. The minimum Gasteiger partial charge on any atom is -0.508 e. The number of rotatable bonds is 63. The van der Waals surface area contributed by atoms with E-state index in [2.05, 4.69) is 36.9 Å². The van der Waals surface area contributed by atoms with Crippen LogP contribution >= 0.6 is 0 Å². The predicted molar refractivity (Wildman–Crippen MR) is 354 cm³/mol. The van der Waals surface area contributed by atoms with E-state index in [0.717, 1.165) is 50.5 Å². The molecule has 1 aromatic rings. The fourth-order valence-corrected chi connectivity index (χ4v) is 9.95. The zero-order valence-corrected chi connectivity index (χ0v) is 56.3. The second kappa shape index (κ2) is 53.9. The Kier molecular flexibility index (Phi) is 49.0. The third-order valence-corrected chi connectivity index (χ3v) is 15.8. The van der Waals surface area contributed by atoms with Gasteiger partial charge >= 0.3 is 11.9 Å². The standard InChI is InChI=1S/C67H115N9O17/c1-5-52(58(80)46-74-67(3,4)59(81)47-73-53(25-22-36-72-66(68)69)45-61(83)76-57(50(2)77)44-51-29-31-55(79)32-30-51)24-20-21-35-70-62(84)48-93-43-41-91-39-37-71-63(85)49-92-42-40-90-38-23-26-54(78)33-34-56(65(88)89)75-60(82)27-18-16-14-12-10-8-6-7-9-11-13-15-17-19-28-64(86)87/h29-32,52-53,56-57,73-74,79H,5-28,33-49H2,1-4H3,(H,70,84)(H,71,85)(H,75,82)(H,76,83)(H,86,87)(H,88,89)(H4,68,69,72)/t52-,53-,56-,57-/m0/s1. The van der Waals surface area contributed by atoms with Gasteiger partial charge in [0.1, 0.15) is 36.6 Å². The lowest BCUT2D eigenvalue weighted by molar-refractivity contribution is -0.142. The summed E-state index contributed by atoms with van der Waals surface area (Å²) in [4.78, 5) is 128. The highest BCUT2D eigenvalue weighted by atomic mass is 16.5. The number of amides is 4. The molecule has 1 rings (SSSR count). The number of guanidine groups is 1. The van der Waals surface area contributed by atoms with Crippen molar-refractivity contribution in [2.24, 2.45) is 22.4 Å². The lowest BCUT2D eigenvalue weighted by Gasteiger charge is -2.27. The van der Waals surface area contributed by atoms with Crippen LogP contribution in [0.2, 0.25) is 0 Å². The Morgan fingerprint density at radius 2 is 1.11 bits per heavy atom. The molecule has 0 aromatic heterocycles. The van der Waals surface area contributed by atoms with Crippen molar-refractivity contribution in [2.75, 3.05) is 85.6 Å². The number of aromatic hydroxyl groups is 1. The van der Waals surface area contributed by atoms with Gasteiger partial charge in [-0.25, -0.2) is 4.79 Å². The first kappa shape index (κ1) is 84.6. The fourth-order valence-electron chi connectivity index (χ4n) is 9.95. The van der Waals surface area contributed by atoms with E-state index in [1.165, 1.54) is 57.6 Å². The van der Waals surface area contributed by atoms with Gasteiger partial charge in [-0.2, -0.15) is 0 Å². The molecule has 530 valence electrons. The molecule has 0 fully saturated rings. The molecule has 0 aliphatic heterocycles. The zero-order chi connectivity index (χ0) is 68.9. The summed E-state index contributed by atoms with van der Waals surface area (Å²) in [5, 5.41) is 45.1. The van der Waals surface area contributed by atoms with Gasteiger partial charge in [-0.15, -0.1) is 0 Å². The van der Waals surface area contributed by atoms with Gasteiger partial charge in [-0.3, -0.25) is 53.5 Å². The highest BCUT2D eigenvalue weighted by Crippen LogP contribution is 2.18. The number of carbonyl (C=O) groups excluding carboxylic acids is 8. The lowest BCUT2D eigenvalue weighted by atomic mass is 9.93. The number of aliphatic carboxylic acids is 2. The second-order valence-corrected chi connectivity index (χ2v) is 24.3. The minimum atomic E-state index is -1.17. The highest BCUT2D eigenvalue weighted by molar-refractivity contribution is 5.91. The van der Waals surface area contributed by atoms with Gasteiger partial charge < -0.3 is 72.3 Å². The molecule has 0 aliphatic carbocycles. The maximum atomic E-state index is 13.5. The topological polar surface area (TPSA) is 405 Å².